The Labute approximate surface area is 173 Å². The fourth-order valence-corrected chi connectivity index (χ4v) is 4.79. The zero-order valence-electron chi connectivity index (χ0n) is 18.3. The summed E-state index contributed by atoms with van der Waals surface area (Å²) in [5.41, 5.74) is 8.47. The Kier molecular flexibility index (Phi) is 4.80. The number of amides is 1. The highest BCUT2D eigenvalue weighted by Crippen LogP contribution is 2.46. The van der Waals surface area contributed by atoms with Crippen LogP contribution in [0.2, 0.25) is 0 Å². The van der Waals surface area contributed by atoms with Gasteiger partial charge in [-0.25, -0.2) is 0 Å². The summed E-state index contributed by atoms with van der Waals surface area (Å²) >= 11 is 0. The van der Waals surface area contributed by atoms with E-state index in [2.05, 4.69) is 55.0 Å². The van der Waals surface area contributed by atoms with Gasteiger partial charge in [0.05, 0.1) is 17.2 Å². The van der Waals surface area contributed by atoms with E-state index in [9.17, 15) is 4.79 Å². The standard InChI is InChI=1S/C24H32N4O/c1-7-11-28-21-12-18-14(2)9-8-10-17-15(3)26-27-22(17)16(4)25-20(18)13-19(21)24(5,6)23(28)29/h12-13,16,25H,2,7-11H2,1,3-6H3,(H,26,27). The maximum Gasteiger partial charge on any atom is 0.237 e. The van der Waals surface area contributed by atoms with Gasteiger partial charge in [-0.15, -0.1) is 0 Å². The van der Waals surface area contributed by atoms with E-state index in [1.54, 1.807) is 0 Å². The topological polar surface area (TPSA) is 61.0 Å². The van der Waals surface area contributed by atoms with Gasteiger partial charge in [0.15, 0.2) is 0 Å². The van der Waals surface area contributed by atoms with Crippen molar-refractivity contribution >= 4 is 22.9 Å². The third-order valence-corrected chi connectivity index (χ3v) is 6.50. The first-order valence-electron chi connectivity index (χ1n) is 10.7. The lowest BCUT2D eigenvalue weighted by atomic mass is 9.84. The van der Waals surface area contributed by atoms with Crippen LogP contribution in [0.5, 0.6) is 0 Å². The Morgan fingerprint density at radius 1 is 1.31 bits per heavy atom. The van der Waals surface area contributed by atoms with Crippen LogP contribution < -0.4 is 10.2 Å². The highest BCUT2D eigenvalue weighted by Gasteiger charge is 2.44. The fourth-order valence-electron chi connectivity index (χ4n) is 4.79. The zero-order valence-corrected chi connectivity index (χ0v) is 18.3. The number of fused-ring (bicyclic) bond motifs is 3. The summed E-state index contributed by atoms with van der Waals surface area (Å²) in [6, 6.07) is 4.44. The monoisotopic (exact) mass is 392 g/mol. The van der Waals surface area contributed by atoms with Crippen molar-refractivity contribution in [1.82, 2.24) is 10.2 Å². The number of anilines is 2. The number of H-pyrrole nitrogens is 1. The van der Waals surface area contributed by atoms with Gasteiger partial charge in [0.25, 0.3) is 0 Å². The second-order valence-corrected chi connectivity index (χ2v) is 9.03. The Bertz CT molecular complexity index is 985. The van der Waals surface area contributed by atoms with E-state index < -0.39 is 5.41 Å². The number of aromatic amines is 1. The third-order valence-electron chi connectivity index (χ3n) is 6.50. The molecule has 5 nitrogen and oxygen atoms in total. The van der Waals surface area contributed by atoms with E-state index in [0.717, 1.165) is 71.7 Å². The van der Waals surface area contributed by atoms with Crippen molar-refractivity contribution in [3.63, 3.8) is 0 Å². The molecule has 0 spiro atoms. The second kappa shape index (κ2) is 7.05. The van der Waals surface area contributed by atoms with Crippen LogP contribution in [0.1, 0.15) is 81.1 Å². The second-order valence-electron chi connectivity index (χ2n) is 9.03. The summed E-state index contributed by atoms with van der Waals surface area (Å²) in [4.78, 5) is 15.1. The van der Waals surface area contributed by atoms with Gasteiger partial charge < -0.3 is 10.2 Å². The minimum absolute atomic E-state index is 0.0737. The van der Waals surface area contributed by atoms with E-state index in [-0.39, 0.29) is 11.9 Å². The molecule has 0 fully saturated rings. The largest absolute Gasteiger partial charge is 0.376 e. The summed E-state index contributed by atoms with van der Waals surface area (Å²) in [6.07, 6.45) is 3.90. The fraction of sp³-hybridized carbons (Fsp3) is 0.500. The van der Waals surface area contributed by atoms with Gasteiger partial charge in [0, 0.05) is 29.2 Å². The molecule has 2 aliphatic heterocycles. The van der Waals surface area contributed by atoms with E-state index in [1.807, 2.05) is 18.7 Å². The molecule has 5 heteroatoms. The molecular formula is C24H32N4O. The number of nitrogens with one attached hydrogen (secondary N) is 2. The van der Waals surface area contributed by atoms with Crippen LogP contribution in [-0.4, -0.2) is 22.6 Å². The van der Waals surface area contributed by atoms with Gasteiger partial charge in [0.1, 0.15) is 0 Å². The zero-order chi connectivity index (χ0) is 20.9. The number of allylic oxidation sites excluding steroid dienone is 1. The van der Waals surface area contributed by atoms with Gasteiger partial charge in [0.2, 0.25) is 5.91 Å². The first-order valence-corrected chi connectivity index (χ1v) is 10.7. The molecule has 0 aliphatic carbocycles. The van der Waals surface area contributed by atoms with Crippen molar-refractivity contribution < 1.29 is 4.79 Å². The molecule has 1 atom stereocenters. The van der Waals surface area contributed by atoms with Gasteiger partial charge in [-0.05, 0) is 82.2 Å². The molecule has 0 saturated heterocycles. The van der Waals surface area contributed by atoms with E-state index in [1.165, 1.54) is 5.56 Å². The Hall–Kier alpha value is -2.56. The Morgan fingerprint density at radius 2 is 2.07 bits per heavy atom. The van der Waals surface area contributed by atoms with Crippen molar-refractivity contribution in [1.29, 1.82) is 0 Å². The summed E-state index contributed by atoms with van der Waals surface area (Å²) in [6.45, 7) is 15.6. The van der Waals surface area contributed by atoms with Crippen LogP contribution >= 0.6 is 0 Å². The van der Waals surface area contributed by atoms with Crippen molar-refractivity contribution in [3.8, 4) is 0 Å². The molecule has 154 valence electrons. The maximum atomic E-state index is 13.1. The lowest BCUT2D eigenvalue weighted by molar-refractivity contribution is -0.122. The molecule has 4 rings (SSSR count). The lowest BCUT2D eigenvalue weighted by Crippen LogP contribution is -2.36. The predicted molar refractivity (Wildman–Crippen MR) is 119 cm³/mol. The van der Waals surface area contributed by atoms with Crippen molar-refractivity contribution in [2.24, 2.45) is 0 Å². The number of carbonyl (C=O) groups is 1. The van der Waals surface area contributed by atoms with Crippen LogP contribution in [0.15, 0.2) is 18.7 Å². The first-order chi connectivity index (χ1) is 13.8. The molecule has 0 radical (unpaired) electrons. The van der Waals surface area contributed by atoms with E-state index >= 15 is 0 Å². The molecule has 1 aromatic carbocycles. The van der Waals surface area contributed by atoms with Crippen molar-refractivity contribution in [2.45, 2.75) is 71.8 Å². The number of hydrogen-bond acceptors (Lipinski definition) is 3. The Morgan fingerprint density at radius 3 is 2.79 bits per heavy atom. The minimum atomic E-state index is -0.519. The van der Waals surface area contributed by atoms with Crippen LogP contribution in [0, 0.1) is 6.92 Å². The van der Waals surface area contributed by atoms with Crippen LogP contribution in [-0.2, 0) is 16.6 Å². The smallest absolute Gasteiger partial charge is 0.237 e. The van der Waals surface area contributed by atoms with Crippen LogP contribution in [0.4, 0.5) is 11.4 Å². The quantitative estimate of drug-likeness (QED) is 0.731. The van der Waals surface area contributed by atoms with Gasteiger partial charge >= 0.3 is 0 Å². The molecular weight excluding hydrogens is 360 g/mol. The van der Waals surface area contributed by atoms with E-state index in [4.69, 9.17) is 0 Å². The molecule has 2 aliphatic rings. The molecule has 1 aromatic heterocycles. The van der Waals surface area contributed by atoms with Gasteiger partial charge in [-0.1, -0.05) is 13.5 Å². The van der Waals surface area contributed by atoms with E-state index in [0.29, 0.717) is 0 Å². The average molecular weight is 393 g/mol. The molecule has 1 amide bonds. The maximum absolute atomic E-state index is 13.1. The third kappa shape index (κ3) is 3.07. The number of hydrogen-bond donors (Lipinski definition) is 2. The number of carbonyl (C=O) groups excluding carboxylic acids is 1. The summed E-state index contributed by atoms with van der Waals surface area (Å²) in [5.74, 6) is 0.186. The number of aryl methyl sites for hydroxylation is 1. The molecule has 1 unspecified atom stereocenters. The van der Waals surface area contributed by atoms with Crippen molar-refractivity contribution in [2.75, 3.05) is 16.8 Å². The summed E-state index contributed by atoms with van der Waals surface area (Å²) in [5, 5.41) is 11.4. The minimum Gasteiger partial charge on any atom is -0.376 e. The summed E-state index contributed by atoms with van der Waals surface area (Å²) in [7, 11) is 0. The summed E-state index contributed by atoms with van der Waals surface area (Å²) < 4.78 is 0. The van der Waals surface area contributed by atoms with Crippen LogP contribution in [0.3, 0.4) is 0 Å². The number of nitrogens with zero attached hydrogens (tertiary/aromatic N) is 2. The predicted octanol–water partition coefficient (Wildman–Crippen LogP) is 5.27. The first kappa shape index (κ1) is 19.7. The highest BCUT2D eigenvalue weighted by atomic mass is 16.2. The van der Waals surface area contributed by atoms with Crippen LogP contribution in [0.25, 0.3) is 5.57 Å². The molecule has 3 heterocycles. The number of rotatable bonds is 2. The number of benzene rings is 1. The van der Waals surface area contributed by atoms with Gasteiger partial charge in [-0.2, -0.15) is 5.10 Å². The molecule has 2 aromatic rings. The lowest BCUT2D eigenvalue weighted by Gasteiger charge is -2.24. The Balaban J connectivity index is 1.85. The molecule has 0 saturated carbocycles. The SMILES string of the molecule is C=C1CCCc2c(n[nH]c2C)C(C)Nc2cc3c(cc21)N(CCC)C(=O)C3(C)C. The molecule has 0 bridgehead atoms. The molecule has 2 N–H and O–H groups in total. The average Bonchev–Trinajstić information content (AvgIpc) is 3.12. The number of aromatic nitrogens is 2. The van der Waals surface area contributed by atoms with Crippen molar-refractivity contribution in [3.05, 3.63) is 46.8 Å². The molecule has 29 heavy (non-hydrogen) atoms. The van der Waals surface area contributed by atoms with Gasteiger partial charge in [-0.3, -0.25) is 9.89 Å². The normalized spacial score (nSPS) is 20.7. The highest BCUT2D eigenvalue weighted by molar-refractivity contribution is 6.08.